The number of rotatable bonds is 4. The van der Waals surface area contributed by atoms with E-state index in [1.807, 2.05) is 24.3 Å². The quantitative estimate of drug-likeness (QED) is 0.734. The van der Waals surface area contributed by atoms with E-state index < -0.39 is 15.8 Å². The Morgan fingerprint density at radius 3 is 2.70 bits per heavy atom. The molecule has 4 nitrogen and oxygen atoms in total. The fourth-order valence-electron chi connectivity index (χ4n) is 2.25. The smallest absolute Gasteiger partial charge is 0.243 e. The van der Waals surface area contributed by atoms with E-state index in [1.54, 1.807) is 12.3 Å². The Balaban J connectivity index is 1.89. The van der Waals surface area contributed by atoms with Gasteiger partial charge in [-0.1, -0.05) is 34.1 Å². The first-order valence-electron chi connectivity index (χ1n) is 6.75. The number of hydrogen-bond donors (Lipinski definition) is 1. The molecule has 0 saturated carbocycles. The van der Waals surface area contributed by atoms with E-state index in [2.05, 4.69) is 25.6 Å². The summed E-state index contributed by atoms with van der Waals surface area (Å²) in [6.07, 6.45) is 1.62. The fraction of sp³-hybridized carbons (Fsp3) is 0.0625. The Kier molecular flexibility index (Phi) is 4.43. The molecule has 1 N–H and O–H groups in total. The zero-order valence-electron chi connectivity index (χ0n) is 11.8. The van der Waals surface area contributed by atoms with Gasteiger partial charge in [0.25, 0.3) is 0 Å². The SMILES string of the molecule is O=S(=O)(NCc1ccnc2ccccc12)c1ccc(Br)cc1F. The molecule has 0 amide bonds. The van der Waals surface area contributed by atoms with Gasteiger partial charge in [-0.2, -0.15) is 0 Å². The van der Waals surface area contributed by atoms with Crippen LogP contribution in [-0.4, -0.2) is 13.4 Å². The van der Waals surface area contributed by atoms with Gasteiger partial charge in [-0.25, -0.2) is 17.5 Å². The van der Waals surface area contributed by atoms with Crippen LogP contribution in [0.2, 0.25) is 0 Å². The summed E-state index contributed by atoms with van der Waals surface area (Å²) in [4.78, 5) is 3.85. The maximum atomic E-state index is 13.9. The molecule has 0 radical (unpaired) electrons. The number of fused-ring (bicyclic) bond motifs is 1. The summed E-state index contributed by atoms with van der Waals surface area (Å²) < 4.78 is 41.4. The molecule has 0 bridgehead atoms. The number of benzene rings is 2. The highest BCUT2D eigenvalue weighted by atomic mass is 79.9. The molecule has 3 rings (SSSR count). The van der Waals surface area contributed by atoms with Crippen molar-refractivity contribution >= 4 is 36.9 Å². The molecule has 7 heteroatoms. The number of para-hydroxylation sites is 1. The first-order valence-corrected chi connectivity index (χ1v) is 9.02. The summed E-state index contributed by atoms with van der Waals surface area (Å²) in [6, 6.07) is 13.0. The number of pyridine rings is 1. The highest BCUT2D eigenvalue weighted by molar-refractivity contribution is 9.10. The predicted molar refractivity (Wildman–Crippen MR) is 89.9 cm³/mol. The fourth-order valence-corrected chi connectivity index (χ4v) is 3.65. The summed E-state index contributed by atoms with van der Waals surface area (Å²) in [6.45, 7) is 0.0564. The van der Waals surface area contributed by atoms with Crippen LogP contribution in [0.4, 0.5) is 4.39 Å². The predicted octanol–water partition coefficient (Wildman–Crippen LogP) is 3.61. The van der Waals surface area contributed by atoms with E-state index in [4.69, 9.17) is 0 Å². The first kappa shape index (κ1) is 16.0. The van der Waals surface area contributed by atoms with E-state index in [0.29, 0.717) is 4.47 Å². The van der Waals surface area contributed by atoms with Crippen molar-refractivity contribution in [3.8, 4) is 0 Å². The minimum absolute atomic E-state index is 0.0564. The second-order valence-electron chi connectivity index (χ2n) is 4.89. The van der Waals surface area contributed by atoms with E-state index in [0.717, 1.165) is 22.5 Å². The third-order valence-corrected chi connectivity index (χ3v) is 5.30. The average molecular weight is 395 g/mol. The van der Waals surface area contributed by atoms with Crippen LogP contribution in [0.3, 0.4) is 0 Å². The molecule has 1 aromatic heterocycles. The average Bonchev–Trinajstić information content (AvgIpc) is 2.52. The molecule has 0 saturated heterocycles. The Morgan fingerprint density at radius 2 is 1.91 bits per heavy atom. The first-order chi connectivity index (χ1) is 11.0. The lowest BCUT2D eigenvalue weighted by Gasteiger charge is -2.10. The second-order valence-corrected chi connectivity index (χ2v) is 7.54. The topological polar surface area (TPSA) is 59.1 Å². The van der Waals surface area contributed by atoms with Crippen molar-refractivity contribution in [2.24, 2.45) is 0 Å². The van der Waals surface area contributed by atoms with Crippen molar-refractivity contribution in [2.75, 3.05) is 0 Å². The number of nitrogens with one attached hydrogen (secondary N) is 1. The normalized spacial score (nSPS) is 11.7. The Morgan fingerprint density at radius 1 is 1.13 bits per heavy atom. The van der Waals surface area contributed by atoms with Crippen LogP contribution < -0.4 is 4.72 Å². The molecule has 0 spiro atoms. The summed E-state index contributed by atoms with van der Waals surface area (Å²) in [5, 5.41) is 0.856. The van der Waals surface area contributed by atoms with Gasteiger partial charge in [-0.15, -0.1) is 0 Å². The van der Waals surface area contributed by atoms with E-state index in [-0.39, 0.29) is 11.4 Å². The van der Waals surface area contributed by atoms with Crippen LogP contribution in [0.5, 0.6) is 0 Å². The van der Waals surface area contributed by atoms with Crippen LogP contribution in [0.1, 0.15) is 5.56 Å². The molecular formula is C16H12BrFN2O2S. The van der Waals surface area contributed by atoms with Gasteiger partial charge in [0.05, 0.1) is 5.52 Å². The van der Waals surface area contributed by atoms with Crippen molar-refractivity contribution in [1.29, 1.82) is 0 Å². The standard InChI is InChI=1S/C16H12BrFN2O2S/c17-12-5-6-16(14(18)9-12)23(21,22)20-10-11-7-8-19-15-4-2-1-3-13(11)15/h1-9,20H,10H2. The third-order valence-electron chi connectivity index (χ3n) is 3.38. The van der Waals surface area contributed by atoms with Gasteiger partial charge in [-0.05, 0) is 35.9 Å². The molecule has 118 valence electrons. The van der Waals surface area contributed by atoms with Crippen LogP contribution in [0.25, 0.3) is 10.9 Å². The number of halogens is 2. The molecular weight excluding hydrogens is 383 g/mol. The number of hydrogen-bond acceptors (Lipinski definition) is 3. The molecule has 0 aliphatic carbocycles. The van der Waals surface area contributed by atoms with E-state index >= 15 is 0 Å². The Hall–Kier alpha value is -1.83. The minimum Gasteiger partial charge on any atom is -0.256 e. The number of sulfonamides is 1. The molecule has 0 aliphatic heterocycles. The van der Waals surface area contributed by atoms with E-state index in [1.165, 1.54) is 12.1 Å². The molecule has 0 atom stereocenters. The molecule has 0 unspecified atom stereocenters. The summed E-state index contributed by atoms with van der Waals surface area (Å²) in [7, 11) is -3.94. The van der Waals surface area contributed by atoms with Gasteiger partial charge in [-0.3, -0.25) is 4.98 Å². The van der Waals surface area contributed by atoms with Gasteiger partial charge in [0.1, 0.15) is 10.7 Å². The van der Waals surface area contributed by atoms with Gasteiger partial charge >= 0.3 is 0 Å². The van der Waals surface area contributed by atoms with Crippen molar-refractivity contribution in [3.63, 3.8) is 0 Å². The lowest BCUT2D eigenvalue weighted by atomic mass is 10.1. The van der Waals surface area contributed by atoms with Crippen LogP contribution in [0, 0.1) is 5.82 Å². The van der Waals surface area contributed by atoms with Crippen molar-refractivity contribution < 1.29 is 12.8 Å². The van der Waals surface area contributed by atoms with Crippen molar-refractivity contribution in [1.82, 2.24) is 9.71 Å². The van der Waals surface area contributed by atoms with Crippen LogP contribution in [-0.2, 0) is 16.6 Å². The van der Waals surface area contributed by atoms with Gasteiger partial charge in [0, 0.05) is 22.6 Å². The van der Waals surface area contributed by atoms with E-state index in [9.17, 15) is 12.8 Å². The van der Waals surface area contributed by atoms with Crippen LogP contribution >= 0.6 is 15.9 Å². The van der Waals surface area contributed by atoms with Gasteiger partial charge < -0.3 is 0 Å². The maximum Gasteiger partial charge on any atom is 0.243 e. The lowest BCUT2D eigenvalue weighted by Crippen LogP contribution is -2.24. The largest absolute Gasteiger partial charge is 0.256 e. The third kappa shape index (κ3) is 3.41. The highest BCUT2D eigenvalue weighted by Gasteiger charge is 2.19. The molecule has 0 aliphatic rings. The molecule has 3 aromatic rings. The minimum atomic E-state index is -3.94. The highest BCUT2D eigenvalue weighted by Crippen LogP contribution is 2.20. The number of aromatic nitrogens is 1. The molecule has 2 aromatic carbocycles. The molecule has 23 heavy (non-hydrogen) atoms. The van der Waals surface area contributed by atoms with Crippen molar-refractivity contribution in [3.05, 3.63) is 70.6 Å². The van der Waals surface area contributed by atoms with Gasteiger partial charge in [0.15, 0.2) is 0 Å². The summed E-state index contributed by atoms with van der Waals surface area (Å²) in [5.41, 5.74) is 1.55. The molecule has 0 fully saturated rings. The lowest BCUT2D eigenvalue weighted by molar-refractivity contribution is 0.556. The molecule has 1 heterocycles. The second kappa shape index (κ2) is 6.35. The van der Waals surface area contributed by atoms with Gasteiger partial charge in [0.2, 0.25) is 10.0 Å². The van der Waals surface area contributed by atoms with Crippen LogP contribution in [0.15, 0.2) is 64.1 Å². The summed E-state index contributed by atoms with van der Waals surface area (Å²) >= 11 is 3.10. The summed E-state index contributed by atoms with van der Waals surface area (Å²) in [5.74, 6) is -0.800. The zero-order chi connectivity index (χ0) is 16.4. The number of nitrogens with zero attached hydrogens (tertiary/aromatic N) is 1. The zero-order valence-corrected chi connectivity index (χ0v) is 14.2. The Labute approximate surface area is 141 Å². The monoisotopic (exact) mass is 394 g/mol. The van der Waals surface area contributed by atoms with Crippen molar-refractivity contribution in [2.45, 2.75) is 11.4 Å². The maximum absolute atomic E-state index is 13.9. The Bertz CT molecular complexity index is 971.